The lowest BCUT2D eigenvalue weighted by Gasteiger charge is -2.32. The van der Waals surface area contributed by atoms with Crippen LogP contribution in [0.2, 0.25) is 0 Å². The molecule has 4 rings (SSSR count). The lowest BCUT2D eigenvalue weighted by molar-refractivity contribution is 0.0989. The Morgan fingerprint density at radius 2 is 1.90 bits per heavy atom. The third-order valence-corrected chi connectivity index (χ3v) is 6.80. The van der Waals surface area contributed by atoms with Crippen LogP contribution < -0.4 is 10.2 Å². The molecule has 1 saturated heterocycles. The number of fused-ring (bicyclic) bond motifs is 1. The van der Waals surface area contributed by atoms with Crippen molar-refractivity contribution in [2.75, 3.05) is 48.4 Å². The molecule has 0 radical (unpaired) electrons. The minimum Gasteiger partial charge on any atom is -0.367 e. The van der Waals surface area contributed by atoms with Crippen molar-refractivity contribution >= 4 is 27.2 Å². The van der Waals surface area contributed by atoms with Gasteiger partial charge in [0.05, 0.1) is 11.3 Å². The fourth-order valence-electron chi connectivity index (χ4n) is 4.18. The van der Waals surface area contributed by atoms with Gasteiger partial charge in [-0.2, -0.15) is 0 Å². The van der Waals surface area contributed by atoms with E-state index in [-0.39, 0.29) is 17.7 Å². The number of benzene rings is 1. The van der Waals surface area contributed by atoms with Gasteiger partial charge in [0, 0.05) is 50.4 Å². The Bertz CT molecular complexity index is 1020. The molecule has 7 nitrogen and oxygen atoms in total. The number of piperidine rings is 1. The van der Waals surface area contributed by atoms with Crippen LogP contribution in [0.1, 0.15) is 28.8 Å². The Balaban J connectivity index is 1.41. The minimum absolute atomic E-state index is 0.0267. The van der Waals surface area contributed by atoms with Crippen LogP contribution in [0.25, 0.3) is 0 Å². The van der Waals surface area contributed by atoms with Gasteiger partial charge in [0.25, 0.3) is 5.91 Å². The number of rotatable bonds is 6. The predicted octanol–water partition coefficient (Wildman–Crippen LogP) is 2.21. The number of nitrogens with zero attached hydrogens (tertiary/aromatic N) is 3. The molecular weight excluding hydrogens is 400 g/mol. The SMILES string of the molecule is CS(=O)(=O)CCN1CCC(Nc2ncccc2C(=O)N2CCc3ccccc32)CC1. The predicted molar refractivity (Wildman–Crippen MR) is 119 cm³/mol. The highest BCUT2D eigenvalue weighted by Gasteiger charge is 2.28. The van der Waals surface area contributed by atoms with Crippen molar-refractivity contribution in [3.63, 3.8) is 0 Å². The summed E-state index contributed by atoms with van der Waals surface area (Å²) in [6, 6.07) is 11.9. The van der Waals surface area contributed by atoms with Crippen molar-refractivity contribution in [3.8, 4) is 0 Å². The van der Waals surface area contributed by atoms with Crippen LogP contribution in [0.15, 0.2) is 42.6 Å². The van der Waals surface area contributed by atoms with E-state index in [0.717, 1.165) is 38.0 Å². The molecule has 30 heavy (non-hydrogen) atoms. The summed E-state index contributed by atoms with van der Waals surface area (Å²) in [5, 5.41) is 3.47. The highest BCUT2D eigenvalue weighted by molar-refractivity contribution is 7.90. The second-order valence-electron chi connectivity index (χ2n) is 8.13. The quantitative estimate of drug-likeness (QED) is 0.760. The average Bonchev–Trinajstić information content (AvgIpc) is 3.17. The highest BCUT2D eigenvalue weighted by atomic mass is 32.2. The van der Waals surface area contributed by atoms with Gasteiger partial charge in [-0.3, -0.25) is 4.79 Å². The summed E-state index contributed by atoms with van der Waals surface area (Å²) in [4.78, 5) is 21.8. The topological polar surface area (TPSA) is 82.6 Å². The summed E-state index contributed by atoms with van der Waals surface area (Å²) < 4.78 is 22.8. The summed E-state index contributed by atoms with van der Waals surface area (Å²) >= 11 is 0. The number of sulfone groups is 1. The number of hydrogen-bond donors (Lipinski definition) is 1. The molecular formula is C22H28N4O3S. The number of carbonyl (C=O) groups is 1. The smallest absolute Gasteiger partial charge is 0.262 e. The first-order valence-corrected chi connectivity index (χ1v) is 12.5. The number of para-hydroxylation sites is 1. The Labute approximate surface area is 178 Å². The largest absolute Gasteiger partial charge is 0.367 e. The van der Waals surface area contributed by atoms with E-state index in [1.54, 1.807) is 12.3 Å². The van der Waals surface area contributed by atoms with Gasteiger partial charge in [0.1, 0.15) is 15.7 Å². The molecule has 1 aromatic carbocycles. The van der Waals surface area contributed by atoms with E-state index in [1.165, 1.54) is 11.8 Å². The molecule has 1 aromatic heterocycles. The molecule has 0 saturated carbocycles. The summed E-state index contributed by atoms with van der Waals surface area (Å²) in [6.45, 7) is 2.93. The maximum absolute atomic E-state index is 13.3. The summed E-state index contributed by atoms with van der Waals surface area (Å²) in [7, 11) is -2.94. The van der Waals surface area contributed by atoms with Crippen LogP contribution in [0.4, 0.5) is 11.5 Å². The third-order valence-electron chi connectivity index (χ3n) is 5.88. The van der Waals surface area contributed by atoms with E-state index in [0.29, 0.717) is 24.5 Å². The van der Waals surface area contributed by atoms with E-state index in [9.17, 15) is 13.2 Å². The molecule has 0 unspecified atom stereocenters. The van der Waals surface area contributed by atoms with E-state index < -0.39 is 9.84 Å². The fraction of sp³-hybridized carbons (Fsp3) is 0.455. The molecule has 0 aliphatic carbocycles. The lowest BCUT2D eigenvalue weighted by atomic mass is 10.0. The molecule has 160 valence electrons. The average molecular weight is 429 g/mol. The van der Waals surface area contributed by atoms with E-state index >= 15 is 0 Å². The maximum Gasteiger partial charge on any atom is 0.262 e. The zero-order valence-electron chi connectivity index (χ0n) is 17.3. The van der Waals surface area contributed by atoms with Crippen molar-refractivity contribution in [2.24, 2.45) is 0 Å². The summed E-state index contributed by atoms with van der Waals surface area (Å²) in [6.07, 6.45) is 5.63. The number of anilines is 2. The number of nitrogens with one attached hydrogen (secondary N) is 1. The monoisotopic (exact) mass is 428 g/mol. The summed E-state index contributed by atoms with van der Waals surface area (Å²) in [5.41, 5.74) is 2.77. The molecule has 2 aromatic rings. The fourth-order valence-corrected chi connectivity index (χ4v) is 4.77. The zero-order chi connectivity index (χ0) is 21.1. The highest BCUT2D eigenvalue weighted by Crippen LogP contribution is 2.30. The second kappa shape index (κ2) is 8.73. The molecule has 1 fully saturated rings. The third kappa shape index (κ3) is 4.82. The first kappa shape index (κ1) is 20.8. The standard InChI is InChI=1S/C22H28N4O3S/c1-30(28,29)16-15-25-12-9-18(10-13-25)24-21-19(6-4-11-23-21)22(27)26-14-8-17-5-2-3-7-20(17)26/h2-7,11,18H,8-10,12-16H2,1H3,(H,23,24). The number of likely N-dealkylation sites (tertiary alicyclic amines) is 1. The Morgan fingerprint density at radius 3 is 2.67 bits per heavy atom. The van der Waals surface area contributed by atoms with Crippen LogP contribution in [0.3, 0.4) is 0 Å². The Hall–Kier alpha value is -2.45. The molecule has 3 heterocycles. The number of pyridine rings is 1. The minimum atomic E-state index is -2.94. The Morgan fingerprint density at radius 1 is 1.13 bits per heavy atom. The van der Waals surface area contributed by atoms with Gasteiger partial charge >= 0.3 is 0 Å². The van der Waals surface area contributed by atoms with Crippen LogP contribution >= 0.6 is 0 Å². The van der Waals surface area contributed by atoms with Crippen molar-refractivity contribution in [1.82, 2.24) is 9.88 Å². The van der Waals surface area contributed by atoms with E-state index in [4.69, 9.17) is 0 Å². The van der Waals surface area contributed by atoms with Gasteiger partial charge in [-0.15, -0.1) is 0 Å². The van der Waals surface area contributed by atoms with Crippen LogP contribution in [-0.4, -0.2) is 68.4 Å². The van der Waals surface area contributed by atoms with Gasteiger partial charge in [0.2, 0.25) is 0 Å². The second-order valence-corrected chi connectivity index (χ2v) is 10.4. The zero-order valence-corrected chi connectivity index (χ0v) is 18.1. The van der Waals surface area contributed by atoms with Gasteiger partial charge in [-0.25, -0.2) is 13.4 Å². The maximum atomic E-state index is 13.3. The van der Waals surface area contributed by atoms with Crippen molar-refractivity contribution in [1.29, 1.82) is 0 Å². The first-order valence-electron chi connectivity index (χ1n) is 10.4. The number of aromatic nitrogens is 1. The van der Waals surface area contributed by atoms with E-state index in [1.807, 2.05) is 29.2 Å². The Kier molecular flexibility index (Phi) is 6.06. The normalized spacial score (nSPS) is 17.7. The van der Waals surface area contributed by atoms with Crippen LogP contribution in [0.5, 0.6) is 0 Å². The molecule has 1 N–H and O–H groups in total. The molecule has 2 aliphatic heterocycles. The molecule has 0 atom stereocenters. The van der Waals surface area contributed by atoms with Crippen molar-refractivity contribution < 1.29 is 13.2 Å². The molecule has 0 bridgehead atoms. The lowest BCUT2D eigenvalue weighted by Crippen LogP contribution is -2.41. The van der Waals surface area contributed by atoms with Gasteiger partial charge < -0.3 is 15.1 Å². The van der Waals surface area contributed by atoms with Crippen LogP contribution in [0, 0.1) is 0 Å². The van der Waals surface area contributed by atoms with Gasteiger partial charge in [-0.1, -0.05) is 18.2 Å². The van der Waals surface area contributed by atoms with Gasteiger partial charge in [-0.05, 0) is 43.0 Å². The summed E-state index contributed by atoms with van der Waals surface area (Å²) in [5.74, 6) is 0.795. The van der Waals surface area contributed by atoms with Crippen molar-refractivity contribution in [3.05, 3.63) is 53.7 Å². The number of amides is 1. The van der Waals surface area contributed by atoms with Crippen molar-refractivity contribution in [2.45, 2.75) is 25.3 Å². The molecule has 2 aliphatic rings. The molecule has 0 spiro atoms. The van der Waals surface area contributed by atoms with E-state index in [2.05, 4.69) is 21.3 Å². The molecule has 1 amide bonds. The number of carbonyl (C=O) groups excluding carboxylic acids is 1. The molecule has 8 heteroatoms. The number of hydrogen-bond acceptors (Lipinski definition) is 6. The first-order chi connectivity index (χ1) is 14.4. The van der Waals surface area contributed by atoms with Gasteiger partial charge in [0.15, 0.2) is 0 Å². The van der Waals surface area contributed by atoms with Crippen LogP contribution in [-0.2, 0) is 16.3 Å².